The van der Waals surface area contributed by atoms with Crippen LogP contribution in [0.5, 0.6) is 11.5 Å². The number of phenolic OH excluding ortho intramolecular Hbond substituents is 2. The van der Waals surface area contributed by atoms with Gasteiger partial charge >= 0.3 is 0 Å². The van der Waals surface area contributed by atoms with E-state index in [-0.39, 0.29) is 11.5 Å². The second-order valence-electron chi connectivity index (χ2n) is 4.24. The third-order valence-corrected chi connectivity index (χ3v) is 3.18. The Labute approximate surface area is 114 Å². The fourth-order valence-electron chi connectivity index (χ4n) is 1.96. The molecule has 0 aliphatic heterocycles. The van der Waals surface area contributed by atoms with Gasteiger partial charge in [0.2, 0.25) is 0 Å². The zero-order valence-electron chi connectivity index (χ0n) is 9.84. The molecule has 0 fully saturated rings. The van der Waals surface area contributed by atoms with Crippen LogP contribution in [0.3, 0.4) is 0 Å². The molecule has 1 heterocycles. The van der Waals surface area contributed by atoms with Gasteiger partial charge in [0.15, 0.2) is 0 Å². The third-order valence-electron chi connectivity index (χ3n) is 2.89. The van der Waals surface area contributed by atoms with Gasteiger partial charge in [-0.15, -0.1) is 0 Å². The molecule has 3 rings (SSSR count). The van der Waals surface area contributed by atoms with Crippen molar-refractivity contribution in [3.63, 3.8) is 0 Å². The van der Waals surface area contributed by atoms with Crippen molar-refractivity contribution >= 4 is 22.5 Å². The summed E-state index contributed by atoms with van der Waals surface area (Å²) in [6.07, 6.45) is 0. The van der Waals surface area contributed by atoms with Gasteiger partial charge in [0, 0.05) is 10.9 Å². The monoisotopic (exact) mass is 271 g/mol. The van der Waals surface area contributed by atoms with Crippen LogP contribution in [-0.4, -0.2) is 15.2 Å². The summed E-state index contributed by atoms with van der Waals surface area (Å²) in [6, 6.07) is 13.4. The van der Waals surface area contributed by atoms with Gasteiger partial charge in [-0.25, -0.2) is 4.98 Å². The van der Waals surface area contributed by atoms with E-state index in [2.05, 4.69) is 4.98 Å². The number of hydrogen-bond acceptors (Lipinski definition) is 3. The van der Waals surface area contributed by atoms with E-state index in [0.717, 1.165) is 16.5 Å². The fraction of sp³-hybridized carbons (Fsp3) is 0. The van der Waals surface area contributed by atoms with Gasteiger partial charge in [-0.2, -0.15) is 0 Å². The molecule has 0 spiro atoms. The van der Waals surface area contributed by atoms with E-state index in [9.17, 15) is 10.2 Å². The summed E-state index contributed by atoms with van der Waals surface area (Å²) in [4.78, 5) is 4.49. The lowest BCUT2D eigenvalue weighted by Gasteiger charge is -2.06. The zero-order chi connectivity index (χ0) is 13.4. The Hall–Kier alpha value is -2.26. The molecule has 0 bridgehead atoms. The van der Waals surface area contributed by atoms with Gasteiger partial charge in [-0.1, -0.05) is 11.6 Å². The largest absolute Gasteiger partial charge is 0.508 e. The SMILES string of the molecule is Oc1ccc(-c2nc3ccc(O)cc3cc2Cl)cc1. The molecule has 3 aromatic rings. The van der Waals surface area contributed by atoms with Crippen molar-refractivity contribution in [3.05, 3.63) is 53.6 Å². The number of hydrogen-bond donors (Lipinski definition) is 2. The first-order chi connectivity index (χ1) is 9.13. The number of rotatable bonds is 1. The molecule has 0 unspecified atom stereocenters. The molecule has 0 radical (unpaired) electrons. The summed E-state index contributed by atoms with van der Waals surface area (Å²) in [7, 11) is 0. The average Bonchev–Trinajstić information content (AvgIpc) is 2.39. The molecule has 3 nitrogen and oxygen atoms in total. The van der Waals surface area contributed by atoms with Gasteiger partial charge in [-0.3, -0.25) is 0 Å². The molecule has 0 saturated heterocycles. The first-order valence-electron chi connectivity index (χ1n) is 5.72. The molecule has 0 aliphatic rings. The second kappa shape index (κ2) is 4.44. The average molecular weight is 272 g/mol. The van der Waals surface area contributed by atoms with Crippen LogP contribution in [0, 0.1) is 0 Å². The molecule has 0 atom stereocenters. The van der Waals surface area contributed by atoms with E-state index in [0.29, 0.717) is 10.7 Å². The second-order valence-corrected chi connectivity index (χ2v) is 4.65. The smallest absolute Gasteiger partial charge is 0.116 e. The number of pyridine rings is 1. The van der Waals surface area contributed by atoms with Crippen LogP contribution < -0.4 is 0 Å². The topological polar surface area (TPSA) is 53.4 Å². The number of halogens is 1. The fourth-order valence-corrected chi connectivity index (χ4v) is 2.23. The molecule has 2 aromatic carbocycles. The summed E-state index contributed by atoms with van der Waals surface area (Å²) in [5, 5.41) is 20.0. The van der Waals surface area contributed by atoms with Gasteiger partial charge < -0.3 is 10.2 Å². The number of phenols is 2. The predicted molar refractivity (Wildman–Crippen MR) is 75.5 cm³/mol. The molecule has 0 amide bonds. The van der Waals surface area contributed by atoms with Crippen LogP contribution >= 0.6 is 11.6 Å². The van der Waals surface area contributed by atoms with Crippen LogP contribution in [0.4, 0.5) is 0 Å². The Morgan fingerprint density at radius 2 is 1.53 bits per heavy atom. The van der Waals surface area contributed by atoms with Crippen molar-refractivity contribution in [1.82, 2.24) is 4.98 Å². The van der Waals surface area contributed by atoms with E-state index in [1.165, 1.54) is 0 Å². The summed E-state index contributed by atoms with van der Waals surface area (Å²) in [6.45, 7) is 0. The van der Waals surface area contributed by atoms with E-state index in [1.807, 2.05) is 0 Å². The van der Waals surface area contributed by atoms with Crippen molar-refractivity contribution in [2.75, 3.05) is 0 Å². The minimum absolute atomic E-state index is 0.183. The Kier molecular flexibility index (Phi) is 2.76. The van der Waals surface area contributed by atoms with E-state index in [4.69, 9.17) is 11.6 Å². The summed E-state index contributed by atoms with van der Waals surface area (Å²) in [5.74, 6) is 0.383. The van der Waals surface area contributed by atoms with Gasteiger partial charge in [0.1, 0.15) is 11.5 Å². The third kappa shape index (κ3) is 2.20. The number of fused-ring (bicyclic) bond motifs is 1. The van der Waals surface area contributed by atoms with Crippen LogP contribution in [0.1, 0.15) is 0 Å². The summed E-state index contributed by atoms with van der Waals surface area (Å²) < 4.78 is 0. The summed E-state index contributed by atoms with van der Waals surface area (Å²) >= 11 is 6.22. The van der Waals surface area contributed by atoms with Crippen molar-refractivity contribution in [2.24, 2.45) is 0 Å². The minimum Gasteiger partial charge on any atom is -0.508 e. The van der Waals surface area contributed by atoms with E-state index < -0.39 is 0 Å². The lowest BCUT2D eigenvalue weighted by Crippen LogP contribution is -1.87. The first kappa shape index (κ1) is 11.8. The van der Waals surface area contributed by atoms with Crippen molar-refractivity contribution in [1.29, 1.82) is 0 Å². The van der Waals surface area contributed by atoms with E-state index >= 15 is 0 Å². The van der Waals surface area contributed by atoms with Crippen molar-refractivity contribution in [3.8, 4) is 22.8 Å². The standard InChI is InChI=1S/C15H10ClNO2/c16-13-8-10-7-12(19)5-6-14(10)17-15(13)9-1-3-11(18)4-2-9/h1-8,18-19H. The maximum absolute atomic E-state index is 9.44. The Morgan fingerprint density at radius 1 is 0.842 bits per heavy atom. The highest BCUT2D eigenvalue weighted by atomic mass is 35.5. The molecule has 0 saturated carbocycles. The lowest BCUT2D eigenvalue weighted by atomic mass is 10.1. The predicted octanol–water partition coefficient (Wildman–Crippen LogP) is 3.97. The molecular weight excluding hydrogens is 262 g/mol. The Morgan fingerprint density at radius 3 is 2.26 bits per heavy atom. The van der Waals surface area contributed by atoms with Crippen LogP contribution in [0.25, 0.3) is 22.2 Å². The highest BCUT2D eigenvalue weighted by Crippen LogP contribution is 2.31. The van der Waals surface area contributed by atoms with Gasteiger partial charge in [0.05, 0.1) is 16.2 Å². The first-order valence-corrected chi connectivity index (χ1v) is 6.10. The number of aromatic hydroxyl groups is 2. The molecule has 2 N–H and O–H groups in total. The van der Waals surface area contributed by atoms with Crippen LogP contribution in [0.2, 0.25) is 5.02 Å². The number of benzene rings is 2. The molecule has 19 heavy (non-hydrogen) atoms. The summed E-state index contributed by atoms with van der Waals surface area (Å²) in [5.41, 5.74) is 2.24. The normalized spacial score (nSPS) is 10.8. The maximum Gasteiger partial charge on any atom is 0.116 e. The highest BCUT2D eigenvalue weighted by molar-refractivity contribution is 6.33. The van der Waals surface area contributed by atoms with E-state index in [1.54, 1.807) is 48.5 Å². The van der Waals surface area contributed by atoms with Crippen molar-refractivity contribution in [2.45, 2.75) is 0 Å². The zero-order valence-corrected chi connectivity index (χ0v) is 10.6. The lowest BCUT2D eigenvalue weighted by molar-refractivity contribution is 0.475. The van der Waals surface area contributed by atoms with Crippen molar-refractivity contribution < 1.29 is 10.2 Å². The van der Waals surface area contributed by atoms with Crippen LogP contribution in [-0.2, 0) is 0 Å². The molecule has 0 aliphatic carbocycles. The van der Waals surface area contributed by atoms with Crippen LogP contribution in [0.15, 0.2) is 48.5 Å². The Bertz CT molecular complexity index is 754. The molecule has 94 valence electrons. The van der Waals surface area contributed by atoms with Gasteiger partial charge in [0.25, 0.3) is 0 Å². The quantitative estimate of drug-likeness (QED) is 0.704. The Balaban J connectivity index is 2.21. The molecule has 4 heteroatoms. The highest BCUT2D eigenvalue weighted by Gasteiger charge is 2.08. The minimum atomic E-state index is 0.183. The number of nitrogens with zero attached hydrogens (tertiary/aromatic N) is 1. The molecule has 1 aromatic heterocycles. The molecular formula is C15H10ClNO2. The maximum atomic E-state index is 9.44. The van der Waals surface area contributed by atoms with Gasteiger partial charge in [-0.05, 0) is 48.5 Å². The number of aromatic nitrogens is 1.